The van der Waals surface area contributed by atoms with Crippen LogP contribution >= 0.6 is 0 Å². The monoisotopic (exact) mass is 288 g/mol. The molecule has 0 atom stereocenters. The summed E-state index contributed by atoms with van der Waals surface area (Å²) in [5.41, 5.74) is 6.80. The zero-order valence-electron chi connectivity index (χ0n) is 13.1. The van der Waals surface area contributed by atoms with Crippen LogP contribution in [0.3, 0.4) is 0 Å². The number of nitrogens with one attached hydrogen (secondary N) is 1. The van der Waals surface area contributed by atoms with Crippen LogP contribution in [0.1, 0.15) is 51.9 Å². The SMILES string of the molecule is C/C=C(\C=C/C1(/C(N)=C/C=N)CC1)OCC1CCCCC1. The van der Waals surface area contributed by atoms with Crippen molar-refractivity contribution in [3.05, 3.63) is 35.8 Å². The number of hydrogen-bond donors (Lipinski definition) is 2. The molecule has 0 aromatic carbocycles. The van der Waals surface area contributed by atoms with Gasteiger partial charge in [-0.05, 0) is 56.8 Å². The lowest BCUT2D eigenvalue weighted by atomic mass is 9.90. The second kappa shape index (κ2) is 7.48. The van der Waals surface area contributed by atoms with Crippen molar-refractivity contribution in [2.45, 2.75) is 51.9 Å². The van der Waals surface area contributed by atoms with Crippen molar-refractivity contribution in [1.82, 2.24) is 0 Å². The number of allylic oxidation sites excluding steroid dienone is 4. The summed E-state index contributed by atoms with van der Waals surface area (Å²) in [6.07, 6.45) is 18.0. The molecule has 0 unspecified atom stereocenters. The molecular weight excluding hydrogens is 260 g/mol. The molecule has 3 nitrogen and oxygen atoms in total. The van der Waals surface area contributed by atoms with E-state index in [-0.39, 0.29) is 5.41 Å². The first-order chi connectivity index (χ1) is 10.2. The van der Waals surface area contributed by atoms with E-state index in [1.54, 1.807) is 6.08 Å². The molecular formula is C18H28N2O. The summed E-state index contributed by atoms with van der Waals surface area (Å²) in [5.74, 6) is 1.66. The molecule has 21 heavy (non-hydrogen) atoms. The zero-order valence-corrected chi connectivity index (χ0v) is 13.1. The molecule has 0 bridgehead atoms. The van der Waals surface area contributed by atoms with Crippen LogP contribution in [-0.4, -0.2) is 12.8 Å². The smallest absolute Gasteiger partial charge is 0.114 e. The normalized spacial score (nSPS) is 23.3. The third kappa shape index (κ3) is 4.48. The molecule has 2 aliphatic carbocycles. The summed E-state index contributed by atoms with van der Waals surface area (Å²) in [7, 11) is 0. The second-order valence-electron chi connectivity index (χ2n) is 6.28. The maximum Gasteiger partial charge on any atom is 0.114 e. The first kappa shape index (κ1) is 15.9. The fourth-order valence-corrected chi connectivity index (χ4v) is 2.98. The van der Waals surface area contributed by atoms with E-state index >= 15 is 0 Å². The predicted molar refractivity (Wildman–Crippen MR) is 88.1 cm³/mol. The van der Waals surface area contributed by atoms with E-state index in [0.29, 0.717) is 0 Å². The minimum Gasteiger partial charge on any atom is -0.494 e. The van der Waals surface area contributed by atoms with Crippen molar-refractivity contribution in [1.29, 1.82) is 5.41 Å². The number of ether oxygens (including phenoxy) is 1. The lowest BCUT2D eigenvalue weighted by Gasteiger charge is -2.22. The highest BCUT2D eigenvalue weighted by Gasteiger charge is 2.42. The summed E-state index contributed by atoms with van der Waals surface area (Å²) in [4.78, 5) is 0. The molecule has 3 N–H and O–H groups in total. The summed E-state index contributed by atoms with van der Waals surface area (Å²) in [5, 5.41) is 7.13. The molecule has 0 radical (unpaired) electrons. The summed E-state index contributed by atoms with van der Waals surface area (Å²) in [6, 6.07) is 0. The molecule has 2 saturated carbocycles. The lowest BCUT2D eigenvalue weighted by molar-refractivity contribution is 0.149. The Bertz CT molecular complexity index is 438. The van der Waals surface area contributed by atoms with Gasteiger partial charge in [0.1, 0.15) is 5.76 Å². The molecule has 0 aromatic heterocycles. The van der Waals surface area contributed by atoms with Crippen LogP contribution in [0, 0.1) is 16.7 Å². The Morgan fingerprint density at radius 1 is 1.29 bits per heavy atom. The Labute approximate surface area is 128 Å². The summed E-state index contributed by atoms with van der Waals surface area (Å²) >= 11 is 0. The summed E-state index contributed by atoms with van der Waals surface area (Å²) in [6.45, 7) is 2.85. The molecule has 2 rings (SSSR count). The Balaban J connectivity index is 1.86. The fraction of sp³-hybridized carbons (Fsp3) is 0.611. The minimum atomic E-state index is -0.0278. The van der Waals surface area contributed by atoms with E-state index in [1.165, 1.54) is 38.3 Å². The average Bonchev–Trinajstić information content (AvgIpc) is 3.30. The molecule has 0 amide bonds. The highest BCUT2D eigenvalue weighted by Crippen LogP contribution is 2.51. The van der Waals surface area contributed by atoms with Crippen molar-refractivity contribution in [2.75, 3.05) is 6.61 Å². The maximum absolute atomic E-state index is 7.13. The Morgan fingerprint density at radius 2 is 2.00 bits per heavy atom. The van der Waals surface area contributed by atoms with Gasteiger partial charge in [0.05, 0.1) is 6.61 Å². The van der Waals surface area contributed by atoms with Crippen molar-refractivity contribution < 1.29 is 4.74 Å². The van der Waals surface area contributed by atoms with Gasteiger partial charge in [-0.3, -0.25) is 0 Å². The largest absolute Gasteiger partial charge is 0.494 e. The Morgan fingerprint density at radius 3 is 2.57 bits per heavy atom. The third-order valence-corrected chi connectivity index (χ3v) is 4.69. The van der Waals surface area contributed by atoms with Gasteiger partial charge in [0.15, 0.2) is 0 Å². The highest BCUT2D eigenvalue weighted by molar-refractivity contribution is 5.69. The van der Waals surface area contributed by atoms with E-state index < -0.39 is 0 Å². The van der Waals surface area contributed by atoms with Gasteiger partial charge in [-0.15, -0.1) is 0 Å². The summed E-state index contributed by atoms with van der Waals surface area (Å²) < 4.78 is 5.96. The zero-order chi connectivity index (χ0) is 15.1. The van der Waals surface area contributed by atoms with Gasteiger partial charge in [-0.2, -0.15) is 0 Å². The molecule has 0 aromatic rings. The van der Waals surface area contributed by atoms with Crippen LogP contribution in [-0.2, 0) is 4.74 Å². The van der Waals surface area contributed by atoms with Crippen molar-refractivity contribution in [3.63, 3.8) is 0 Å². The topological polar surface area (TPSA) is 59.1 Å². The number of rotatable bonds is 7. The van der Waals surface area contributed by atoms with E-state index in [9.17, 15) is 0 Å². The average molecular weight is 288 g/mol. The quantitative estimate of drug-likeness (QED) is 0.416. The van der Waals surface area contributed by atoms with Gasteiger partial charge < -0.3 is 15.9 Å². The molecule has 2 aliphatic rings. The van der Waals surface area contributed by atoms with Crippen molar-refractivity contribution in [3.8, 4) is 0 Å². The number of hydrogen-bond acceptors (Lipinski definition) is 3. The molecule has 0 spiro atoms. The highest BCUT2D eigenvalue weighted by atomic mass is 16.5. The van der Waals surface area contributed by atoms with Crippen molar-refractivity contribution in [2.24, 2.45) is 17.1 Å². The third-order valence-electron chi connectivity index (χ3n) is 4.69. The van der Waals surface area contributed by atoms with Gasteiger partial charge in [0.25, 0.3) is 0 Å². The van der Waals surface area contributed by atoms with Gasteiger partial charge in [-0.25, -0.2) is 0 Å². The molecule has 0 aliphatic heterocycles. The standard InChI is InChI=1S/C18H28N2O/c1-2-16(21-14-15-6-4-3-5-7-15)8-10-18(11-12-18)17(20)9-13-19/h2,8-10,13,15,19H,3-7,11-12,14,20H2,1H3/b10-8-,16-2+,17-9-,19-13?. The van der Waals surface area contributed by atoms with Gasteiger partial charge >= 0.3 is 0 Å². The van der Waals surface area contributed by atoms with Crippen LogP contribution < -0.4 is 5.73 Å². The van der Waals surface area contributed by atoms with Crippen LogP contribution in [0.15, 0.2) is 35.8 Å². The first-order valence-corrected chi connectivity index (χ1v) is 8.15. The van der Waals surface area contributed by atoms with Gasteiger partial charge in [0, 0.05) is 17.3 Å². The van der Waals surface area contributed by atoms with Crippen LogP contribution in [0.4, 0.5) is 0 Å². The Kier molecular flexibility index (Phi) is 5.66. The van der Waals surface area contributed by atoms with Gasteiger partial charge in [0.2, 0.25) is 0 Å². The molecule has 0 saturated heterocycles. The predicted octanol–water partition coefficient (Wildman–Crippen LogP) is 4.32. The fourth-order valence-electron chi connectivity index (χ4n) is 2.98. The molecule has 0 heterocycles. The van der Waals surface area contributed by atoms with Crippen molar-refractivity contribution >= 4 is 6.21 Å². The number of nitrogens with two attached hydrogens (primary N) is 1. The molecule has 2 fully saturated rings. The molecule has 116 valence electrons. The molecule has 3 heteroatoms. The maximum atomic E-state index is 7.13. The van der Waals surface area contributed by atoms with E-state index in [1.807, 2.05) is 13.0 Å². The van der Waals surface area contributed by atoms with E-state index in [2.05, 4.69) is 12.2 Å². The van der Waals surface area contributed by atoms with Crippen LogP contribution in [0.5, 0.6) is 0 Å². The minimum absolute atomic E-state index is 0.0278. The van der Waals surface area contributed by atoms with Crippen LogP contribution in [0.25, 0.3) is 0 Å². The Hall–Kier alpha value is -1.51. The van der Waals surface area contributed by atoms with E-state index in [0.717, 1.165) is 36.8 Å². The van der Waals surface area contributed by atoms with Crippen LogP contribution in [0.2, 0.25) is 0 Å². The first-order valence-electron chi connectivity index (χ1n) is 8.15. The van der Waals surface area contributed by atoms with Gasteiger partial charge in [-0.1, -0.05) is 25.3 Å². The van der Waals surface area contributed by atoms with E-state index in [4.69, 9.17) is 15.9 Å². The lowest BCUT2D eigenvalue weighted by Crippen LogP contribution is -2.13. The second-order valence-corrected chi connectivity index (χ2v) is 6.28.